The molecule has 0 N–H and O–H groups in total. The van der Waals surface area contributed by atoms with Crippen LogP contribution < -0.4 is 0 Å². The number of rotatable bonds is 3. The maximum absolute atomic E-state index is 12.8. The molecule has 0 fully saturated rings. The summed E-state index contributed by atoms with van der Waals surface area (Å²) in [7, 11) is 0. The predicted octanol–water partition coefficient (Wildman–Crippen LogP) is 1.97. The Morgan fingerprint density at radius 1 is 1.00 bits per heavy atom. The largest absolute Gasteiger partial charge is 0.459 e. The summed E-state index contributed by atoms with van der Waals surface area (Å²) < 4.78 is 4.88. The SMILES string of the molecule is CCOC(=O)C(=O)N1CCc2ccccc2[C@H]1CN1C(=O)c2ccccc2C1=O. The summed E-state index contributed by atoms with van der Waals surface area (Å²) in [6, 6.07) is 13.6. The number of carbonyl (C=O) groups excluding carboxylic acids is 4. The molecule has 148 valence electrons. The zero-order chi connectivity index (χ0) is 20.5. The van der Waals surface area contributed by atoms with Gasteiger partial charge in [-0.1, -0.05) is 36.4 Å². The molecule has 2 aromatic carbocycles. The fraction of sp³-hybridized carbons (Fsp3) is 0.273. The molecule has 2 aliphatic heterocycles. The van der Waals surface area contributed by atoms with Crippen molar-refractivity contribution >= 4 is 23.7 Å². The third-order valence-corrected chi connectivity index (χ3v) is 5.36. The lowest BCUT2D eigenvalue weighted by Crippen LogP contribution is -2.49. The summed E-state index contributed by atoms with van der Waals surface area (Å²) >= 11 is 0. The van der Waals surface area contributed by atoms with Gasteiger partial charge in [0.05, 0.1) is 30.3 Å². The van der Waals surface area contributed by atoms with E-state index in [0.717, 1.165) is 16.0 Å². The molecule has 0 saturated carbocycles. The summed E-state index contributed by atoms with van der Waals surface area (Å²) in [5, 5.41) is 0. The van der Waals surface area contributed by atoms with Gasteiger partial charge in [0.2, 0.25) is 0 Å². The average Bonchev–Trinajstić information content (AvgIpc) is 2.98. The van der Waals surface area contributed by atoms with Gasteiger partial charge >= 0.3 is 11.9 Å². The maximum atomic E-state index is 12.8. The number of fused-ring (bicyclic) bond motifs is 2. The van der Waals surface area contributed by atoms with Crippen molar-refractivity contribution in [1.29, 1.82) is 0 Å². The van der Waals surface area contributed by atoms with Crippen LogP contribution in [0, 0.1) is 0 Å². The van der Waals surface area contributed by atoms with E-state index < -0.39 is 29.7 Å². The van der Waals surface area contributed by atoms with Crippen LogP contribution in [0.1, 0.15) is 44.8 Å². The topological polar surface area (TPSA) is 84.0 Å². The molecule has 4 rings (SSSR count). The van der Waals surface area contributed by atoms with Crippen molar-refractivity contribution in [2.75, 3.05) is 19.7 Å². The molecule has 2 heterocycles. The first-order chi connectivity index (χ1) is 14.0. The summed E-state index contributed by atoms with van der Waals surface area (Å²) in [4.78, 5) is 53.0. The third kappa shape index (κ3) is 3.18. The number of carbonyl (C=O) groups is 4. The van der Waals surface area contributed by atoms with Crippen molar-refractivity contribution in [1.82, 2.24) is 9.80 Å². The van der Waals surface area contributed by atoms with E-state index in [1.54, 1.807) is 31.2 Å². The number of hydrogen-bond donors (Lipinski definition) is 0. The van der Waals surface area contributed by atoms with E-state index in [-0.39, 0.29) is 13.2 Å². The molecule has 0 unspecified atom stereocenters. The van der Waals surface area contributed by atoms with E-state index in [9.17, 15) is 19.2 Å². The van der Waals surface area contributed by atoms with Crippen LogP contribution in [0.15, 0.2) is 48.5 Å². The highest BCUT2D eigenvalue weighted by atomic mass is 16.5. The molecule has 2 aromatic rings. The normalized spacial score (nSPS) is 17.8. The summed E-state index contributed by atoms with van der Waals surface area (Å²) in [5.74, 6) is -2.48. The smallest absolute Gasteiger partial charge is 0.397 e. The second-order valence-corrected chi connectivity index (χ2v) is 6.95. The van der Waals surface area contributed by atoms with Crippen molar-refractivity contribution in [2.45, 2.75) is 19.4 Å². The molecule has 0 bridgehead atoms. The van der Waals surface area contributed by atoms with Crippen LogP contribution >= 0.6 is 0 Å². The second-order valence-electron chi connectivity index (χ2n) is 6.95. The van der Waals surface area contributed by atoms with Gasteiger partial charge in [0.25, 0.3) is 11.8 Å². The van der Waals surface area contributed by atoms with E-state index in [4.69, 9.17) is 4.74 Å². The maximum Gasteiger partial charge on any atom is 0.397 e. The molecule has 2 aliphatic rings. The molecule has 7 nitrogen and oxygen atoms in total. The highest BCUT2D eigenvalue weighted by Gasteiger charge is 2.41. The molecular formula is C22H20N2O5. The molecule has 0 saturated heterocycles. The number of nitrogens with zero attached hydrogens (tertiary/aromatic N) is 2. The molecule has 7 heteroatoms. The van der Waals surface area contributed by atoms with Crippen LogP contribution in [0.4, 0.5) is 0 Å². The first-order valence-electron chi connectivity index (χ1n) is 9.53. The van der Waals surface area contributed by atoms with Crippen molar-refractivity contribution in [3.05, 3.63) is 70.8 Å². The average molecular weight is 392 g/mol. The highest BCUT2D eigenvalue weighted by molar-refractivity contribution is 6.32. The first kappa shape index (κ1) is 18.9. The van der Waals surface area contributed by atoms with Gasteiger partial charge in [0.1, 0.15) is 0 Å². The lowest BCUT2D eigenvalue weighted by atomic mass is 9.92. The third-order valence-electron chi connectivity index (χ3n) is 5.36. The van der Waals surface area contributed by atoms with E-state index in [1.165, 1.54) is 4.90 Å². The molecule has 29 heavy (non-hydrogen) atoms. The fourth-order valence-electron chi connectivity index (χ4n) is 3.98. The van der Waals surface area contributed by atoms with Crippen LogP contribution in [0.2, 0.25) is 0 Å². The van der Waals surface area contributed by atoms with E-state index >= 15 is 0 Å². The van der Waals surface area contributed by atoms with E-state index in [1.807, 2.05) is 24.3 Å². The number of amides is 3. The fourth-order valence-corrected chi connectivity index (χ4v) is 3.98. The van der Waals surface area contributed by atoms with Crippen LogP contribution in [0.25, 0.3) is 0 Å². The summed E-state index contributed by atoms with van der Waals surface area (Å²) in [6.45, 7) is 2.02. The number of benzene rings is 2. The van der Waals surface area contributed by atoms with Crippen molar-refractivity contribution < 1.29 is 23.9 Å². The Balaban J connectivity index is 1.68. The minimum absolute atomic E-state index is 0.0193. The Hall–Kier alpha value is -3.48. The molecular weight excluding hydrogens is 372 g/mol. The van der Waals surface area contributed by atoms with Gasteiger partial charge in [0, 0.05) is 6.54 Å². The minimum Gasteiger partial charge on any atom is -0.459 e. The van der Waals surface area contributed by atoms with Crippen molar-refractivity contribution in [2.24, 2.45) is 0 Å². The van der Waals surface area contributed by atoms with Gasteiger partial charge in [-0.15, -0.1) is 0 Å². The van der Waals surface area contributed by atoms with Crippen LogP contribution in [0.3, 0.4) is 0 Å². The molecule has 0 aromatic heterocycles. The predicted molar refractivity (Wildman–Crippen MR) is 103 cm³/mol. The summed E-state index contributed by atoms with van der Waals surface area (Å²) in [6.07, 6.45) is 0.583. The molecule has 0 radical (unpaired) electrons. The van der Waals surface area contributed by atoms with Crippen LogP contribution in [0.5, 0.6) is 0 Å². The van der Waals surface area contributed by atoms with Gasteiger partial charge in [-0.25, -0.2) is 4.79 Å². The first-order valence-corrected chi connectivity index (χ1v) is 9.53. The zero-order valence-electron chi connectivity index (χ0n) is 16.0. The highest BCUT2D eigenvalue weighted by Crippen LogP contribution is 2.33. The van der Waals surface area contributed by atoms with Crippen molar-refractivity contribution in [3.63, 3.8) is 0 Å². The van der Waals surface area contributed by atoms with Gasteiger partial charge < -0.3 is 9.64 Å². The monoisotopic (exact) mass is 392 g/mol. The van der Waals surface area contributed by atoms with Gasteiger partial charge in [-0.2, -0.15) is 0 Å². The lowest BCUT2D eigenvalue weighted by Gasteiger charge is -2.38. The molecule has 3 amide bonds. The van der Waals surface area contributed by atoms with Crippen LogP contribution in [-0.2, 0) is 20.7 Å². The zero-order valence-corrected chi connectivity index (χ0v) is 16.0. The van der Waals surface area contributed by atoms with Crippen molar-refractivity contribution in [3.8, 4) is 0 Å². The van der Waals surface area contributed by atoms with Gasteiger partial charge in [-0.3, -0.25) is 19.3 Å². The van der Waals surface area contributed by atoms with E-state index in [0.29, 0.717) is 24.1 Å². The Kier molecular flexibility index (Phi) is 4.88. The Morgan fingerprint density at radius 2 is 1.62 bits per heavy atom. The van der Waals surface area contributed by atoms with Crippen LogP contribution in [-0.4, -0.2) is 53.2 Å². The molecule has 0 spiro atoms. The number of hydrogen-bond acceptors (Lipinski definition) is 5. The Labute approximate surface area is 167 Å². The Bertz CT molecular complexity index is 981. The standard InChI is InChI=1S/C22H20N2O5/c1-2-29-22(28)21(27)23-12-11-14-7-3-4-8-15(14)18(23)13-24-19(25)16-9-5-6-10-17(16)20(24)26/h3-10,18H,2,11-13H2,1H3/t18-/m1/s1. The van der Waals surface area contributed by atoms with Gasteiger partial charge in [0.15, 0.2) is 0 Å². The molecule has 0 aliphatic carbocycles. The minimum atomic E-state index is -0.931. The Morgan fingerprint density at radius 3 is 2.28 bits per heavy atom. The summed E-state index contributed by atoms with van der Waals surface area (Å²) in [5.41, 5.74) is 2.56. The molecule has 1 atom stereocenters. The number of ether oxygens (including phenoxy) is 1. The van der Waals surface area contributed by atoms with Gasteiger partial charge in [-0.05, 0) is 36.6 Å². The number of esters is 1. The second kappa shape index (κ2) is 7.50. The quantitative estimate of drug-likeness (QED) is 0.453. The lowest BCUT2D eigenvalue weighted by molar-refractivity contribution is -0.161. The van der Waals surface area contributed by atoms with E-state index in [2.05, 4.69) is 0 Å². The number of imide groups is 1.